The molecule has 1 aromatic heterocycles. The molecule has 2 aliphatic rings. The number of sulfonamides is 1. The van der Waals surface area contributed by atoms with Gasteiger partial charge in [0, 0.05) is 44.1 Å². The molecule has 4 rings (SSSR count). The van der Waals surface area contributed by atoms with Crippen molar-refractivity contribution < 1.29 is 18.0 Å². The number of benzene rings is 1. The van der Waals surface area contributed by atoms with Crippen molar-refractivity contribution in [3.63, 3.8) is 0 Å². The standard InChI is InChI=1S/C22H26N4O4S/c1-15-11-18-12-19(7-8-20(18)26(15)16(2)27)31(29,30)25-10-4-6-21(25)22(28)24-14-17-5-3-9-23-13-17/h3,5,7-9,12-13,15,21H,4,6,10-11,14H2,1-2H3,(H,24,28). The molecule has 1 fully saturated rings. The lowest BCUT2D eigenvalue weighted by Crippen LogP contribution is -2.45. The average Bonchev–Trinajstić information content (AvgIpc) is 3.36. The van der Waals surface area contributed by atoms with E-state index >= 15 is 0 Å². The Morgan fingerprint density at radius 3 is 2.77 bits per heavy atom. The number of aromatic nitrogens is 1. The van der Waals surface area contributed by atoms with Crippen LogP contribution in [-0.4, -0.2) is 48.1 Å². The van der Waals surface area contributed by atoms with E-state index in [9.17, 15) is 18.0 Å². The fourth-order valence-corrected chi connectivity index (χ4v) is 6.19. The van der Waals surface area contributed by atoms with Gasteiger partial charge >= 0.3 is 0 Å². The zero-order chi connectivity index (χ0) is 22.2. The summed E-state index contributed by atoms with van der Waals surface area (Å²) in [6.07, 6.45) is 5.04. The van der Waals surface area contributed by atoms with Gasteiger partial charge in [-0.3, -0.25) is 14.6 Å². The lowest BCUT2D eigenvalue weighted by molar-refractivity contribution is -0.124. The summed E-state index contributed by atoms with van der Waals surface area (Å²) in [6, 6.07) is 7.77. The third-order valence-corrected chi connectivity index (χ3v) is 7.81. The molecule has 9 heteroatoms. The van der Waals surface area contributed by atoms with Crippen molar-refractivity contribution >= 4 is 27.5 Å². The zero-order valence-electron chi connectivity index (χ0n) is 17.6. The number of carbonyl (C=O) groups is 2. The quantitative estimate of drug-likeness (QED) is 0.762. The highest BCUT2D eigenvalue weighted by Gasteiger charge is 2.40. The molecule has 2 aromatic rings. The largest absolute Gasteiger partial charge is 0.351 e. The number of amides is 2. The average molecular weight is 443 g/mol. The molecule has 3 heterocycles. The van der Waals surface area contributed by atoms with Gasteiger partial charge in [0.15, 0.2) is 0 Å². The first-order valence-corrected chi connectivity index (χ1v) is 11.8. The summed E-state index contributed by atoms with van der Waals surface area (Å²) < 4.78 is 28.1. The third-order valence-electron chi connectivity index (χ3n) is 5.91. The molecule has 2 aliphatic heterocycles. The molecule has 0 bridgehead atoms. The van der Waals surface area contributed by atoms with Crippen LogP contribution in [0.25, 0.3) is 0 Å². The van der Waals surface area contributed by atoms with Gasteiger partial charge in [-0.1, -0.05) is 6.07 Å². The highest BCUT2D eigenvalue weighted by Crippen LogP contribution is 2.35. The van der Waals surface area contributed by atoms with Crippen molar-refractivity contribution in [1.82, 2.24) is 14.6 Å². The van der Waals surface area contributed by atoms with Crippen LogP contribution < -0.4 is 10.2 Å². The number of hydrogen-bond donors (Lipinski definition) is 1. The molecule has 0 radical (unpaired) electrons. The maximum absolute atomic E-state index is 13.4. The molecule has 1 aromatic carbocycles. The highest BCUT2D eigenvalue weighted by atomic mass is 32.2. The molecule has 2 unspecified atom stereocenters. The Hall–Kier alpha value is -2.78. The van der Waals surface area contributed by atoms with Gasteiger partial charge in [0.25, 0.3) is 0 Å². The van der Waals surface area contributed by atoms with Crippen molar-refractivity contribution in [1.29, 1.82) is 0 Å². The van der Waals surface area contributed by atoms with Crippen LogP contribution in [0.4, 0.5) is 5.69 Å². The Morgan fingerprint density at radius 1 is 1.26 bits per heavy atom. The number of fused-ring (bicyclic) bond motifs is 1. The van der Waals surface area contributed by atoms with Gasteiger partial charge in [0.05, 0.1) is 4.90 Å². The summed E-state index contributed by atoms with van der Waals surface area (Å²) >= 11 is 0. The molecule has 1 saturated heterocycles. The van der Waals surface area contributed by atoms with E-state index in [1.54, 1.807) is 35.5 Å². The van der Waals surface area contributed by atoms with Crippen LogP contribution in [-0.2, 0) is 32.6 Å². The van der Waals surface area contributed by atoms with E-state index < -0.39 is 16.1 Å². The van der Waals surface area contributed by atoms with Gasteiger partial charge in [-0.2, -0.15) is 4.31 Å². The second-order valence-electron chi connectivity index (χ2n) is 8.09. The molecule has 31 heavy (non-hydrogen) atoms. The van der Waals surface area contributed by atoms with Gasteiger partial charge in [-0.15, -0.1) is 0 Å². The summed E-state index contributed by atoms with van der Waals surface area (Å²) in [7, 11) is -3.84. The van der Waals surface area contributed by atoms with Gasteiger partial charge in [-0.05, 0) is 61.6 Å². The predicted molar refractivity (Wildman–Crippen MR) is 116 cm³/mol. The van der Waals surface area contributed by atoms with E-state index in [0.29, 0.717) is 32.4 Å². The minimum atomic E-state index is -3.84. The number of anilines is 1. The van der Waals surface area contributed by atoms with Crippen LogP contribution in [0, 0.1) is 0 Å². The normalized spacial score (nSPS) is 21.2. The summed E-state index contributed by atoms with van der Waals surface area (Å²) in [6.45, 7) is 4.06. The van der Waals surface area contributed by atoms with Crippen molar-refractivity contribution in [2.24, 2.45) is 0 Å². The van der Waals surface area contributed by atoms with E-state index in [1.807, 2.05) is 13.0 Å². The van der Waals surface area contributed by atoms with Crippen LogP contribution >= 0.6 is 0 Å². The topological polar surface area (TPSA) is 99.7 Å². The first-order valence-electron chi connectivity index (χ1n) is 10.4. The summed E-state index contributed by atoms with van der Waals surface area (Å²) in [5.41, 5.74) is 2.44. The van der Waals surface area contributed by atoms with Crippen molar-refractivity contribution in [2.75, 3.05) is 11.4 Å². The zero-order valence-corrected chi connectivity index (χ0v) is 18.4. The fraction of sp³-hybridized carbons (Fsp3) is 0.409. The number of pyridine rings is 1. The summed E-state index contributed by atoms with van der Waals surface area (Å²) in [5.74, 6) is -0.366. The fourth-order valence-electron chi connectivity index (χ4n) is 4.48. The smallest absolute Gasteiger partial charge is 0.243 e. The molecule has 0 aliphatic carbocycles. The van der Waals surface area contributed by atoms with E-state index in [1.165, 1.54) is 17.3 Å². The van der Waals surface area contributed by atoms with Gasteiger partial charge in [0.2, 0.25) is 21.8 Å². The molecule has 2 atom stereocenters. The maximum Gasteiger partial charge on any atom is 0.243 e. The molecule has 0 saturated carbocycles. The second-order valence-corrected chi connectivity index (χ2v) is 9.98. The van der Waals surface area contributed by atoms with E-state index in [0.717, 1.165) is 16.8 Å². The summed E-state index contributed by atoms with van der Waals surface area (Å²) in [5, 5.41) is 2.83. The number of hydrogen-bond acceptors (Lipinski definition) is 5. The van der Waals surface area contributed by atoms with Gasteiger partial charge in [0.1, 0.15) is 6.04 Å². The Labute approximate surface area is 182 Å². The number of nitrogens with zero attached hydrogens (tertiary/aromatic N) is 3. The molecule has 0 spiro atoms. The van der Waals surface area contributed by atoms with Crippen molar-refractivity contribution in [3.05, 3.63) is 53.9 Å². The highest BCUT2D eigenvalue weighted by molar-refractivity contribution is 7.89. The van der Waals surface area contributed by atoms with Gasteiger partial charge in [-0.25, -0.2) is 8.42 Å². The van der Waals surface area contributed by atoms with Crippen molar-refractivity contribution in [2.45, 2.75) is 56.6 Å². The van der Waals surface area contributed by atoms with Crippen LogP contribution in [0.1, 0.15) is 37.8 Å². The summed E-state index contributed by atoms with van der Waals surface area (Å²) in [4.78, 5) is 30.6. The van der Waals surface area contributed by atoms with E-state index in [2.05, 4.69) is 10.3 Å². The monoisotopic (exact) mass is 442 g/mol. The molecule has 8 nitrogen and oxygen atoms in total. The minimum Gasteiger partial charge on any atom is -0.351 e. The number of rotatable bonds is 5. The van der Waals surface area contributed by atoms with E-state index in [-0.39, 0.29) is 22.8 Å². The van der Waals surface area contributed by atoms with E-state index in [4.69, 9.17) is 0 Å². The van der Waals surface area contributed by atoms with Crippen molar-refractivity contribution in [3.8, 4) is 0 Å². The first kappa shape index (κ1) is 21.5. The van der Waals surface area contributed by atoms with Crippen LogP contribution in [0.15, 0.2) is 47.6 Å². The Kier molecular flexibility index (Phi) is 5.81. The Morgan fingerprint density at radius 2 is 2.06 bits per heavy atom. The van der Waals surface area contributed by atoms with Gasteiger partial charge < -0.3 is 10.2 Å². The minimum absolute atomic E-state index is 0.0109. The third kappa shape index (κ3) is 4.07. The predicted octanol–water partition coefficient (Wildman–Crippen LogP) is 1.85. The lowest BCUT2D eigenvalue weighted by Gasteiger charge is -2.24. The molecular weight excluding hydrogens is 416 g/mol. The van der Waals surface area contributed by atoms with Crippen LogP contribution in [0.3, 0.4) is 0 Å². The Bertz CT molecular complexity index is 1100. The second kappa shape index (κ2) is 8.39. The molecular formula is C22H26N4O4S. The molecule has 1 N–H and O–H groups in total. The Balaban J connectivity index is 1.53. The first-order chi connectivity index (χ1) is 14.8. The van der Waals surface area contributed by atoms with Crippen LogP contribution in [0.5, 0.6) is 0 Å². The lowest BCUT2D eigenvalue weighted by atomic mass is 10.1. The molecule has 2 amide bonds. The number of nitrogens with one attached hydrogen (secondary N) is 1. The van der Waals surface area contributed by atoms with Crippen LogP contribution in [0.2, 0.25) is 0 Å². The molecule has 164 valence electrons. The maximum atomic E-state index is 13.4. The SMILES string of the molecule is CC(=O)N1c2ccc(S(=O)(=O)N3CCCC3C(=O)NCc3cccnc3)cc2CC1C. The number of carbonyl (C=O) groups excluding carboxylic acids is 2.